The van der Waals surface area contributed by atoms with E-state index in [1.807, 2.05) is 18.2 Å². The van der Waals surface area contributed by atoms with E-state index in [4.69, 9.17) is 0 Å². The van der Waals surface area contributed by atoms with Gasteiger partial charge in [-0.15, -0.1) is 12.6 Å². The van der Waals surface area contributed by atoms with E-state index >= 15 is 0 Å². The van der Waals surface area contributed by atoms with Crippen molar-refractivity contribution in [3.05, 3.63) is 35.9 Å². The van der Waals surface area contributed by atoms with Gasteiger partial charge in [0.2, 0.25) is 0 Å². The number of carbonyl (C=O) groups is 1. The number of hydrogen-bond acceptors (Lipinski definition) is 1. The van der Waals surface area contributed by atoms with Crippen molar-refractivity contribution in [2.24, 2.45) is 5.92 Å². The lowest BCUT2D eigenvalue weighted by molar-refractivity contribution is -0.114. The van der Waals surface area contributed by atoms with Crippen molar-refractivity contribution in [1.29, 1.82) is 0 Å². The van der Waals surface area contributed by atoms with Gasteiger partial charge in [-0.2, -0.15) is 0 Å². The van der Waals surface area contributed by atoms with Gasteiger partial charge in [-0.25, -0.2) is 0 Å². The molecule has 0 amide bonds. The summed E-state index contributed by atoms with van der Waals surface area (Å²) in [5.41, 5.74) is 1.22. The predicted molar refractivity (Wildman–Crippen MR) is 67.2 cm³/mol. The fraction of sp³-hybridized carbons (Fsp3) is 0.462. The highest BCUT2D eigenvalue weighted by molar-refractivity contribution is 7.96. The lowest BCUT2D eigenvalue weighted by atomic mass is 9.95. The van der Waals surface area contributed by atoms with Crippen molar-refractivity contribution in [3.63, 3.8) is 0 Å². The standard InChI is InChI=1S/C13H18OS/c1-2-3-9-12(13(14)15)10-11-7-5-4-6-8-11/h4-8,12H,2-3,9-10H2,1H3,(H,14,15). The minimum absolute atomic E-state index is 0.0207. The number of thiol groups is 1. The van der Waals surface area contributed by atoms with Crippen molar-refractivity contribution in [1.82, 2.24) is 0 Å². The minimum Gasteiger partial charge on any atom is -0.287 e. The summed E-state index contributed by atoms with van der Waals surface area (Å²) in [4.78, 5) is 11.3. The number of unbranched alkanes of at least 4 members (excludes halogenated alkanes) is 1. The van der Waals surface area contributed by atoms with E-state index in [1.165, 1.54) is 5.56 Å². The van der Waals surface area contributed by atoms with Gasteiger partial charge in [0.25, 0.3) is 0 Å². The second-order valence-corrected chi connectivity index (χ2v) is 4.31. The monoisotopic (exact) mass is 222 g/mol. The summed E-state index contributed by atoms with van der Waals surface area (Å²) < 4.78 is 0. The van der Waals surface area contributed by atoms with E-state index in [0.717, 1.165) is 25.7 Å². The molecule has 1 nitrogen and oxygen atoms in total. The SMILES string of the molecule is CCCCC(Cc1ccccc1)C(=O)S. The average molecular weight is 222 g/mol. The predicted octanol–water partition coefficient (Wildman–Crippen LogP) is 3.49. The number of benzene rings is 1. The molecule has 0 saturated heterocycles. The Morgan fingerprint density at radius 2 is 2.00 bits per heavy atom. The minimum atomic E-state index is 0.0207. The summed E-state index contributed by atoms with van der Waals surface area (Å²) in [5.74, 6) is 0.0793. The van der Waals surface area contributed by atoms with Crippen molar-refractivity contribution in [3.8, 4) is 0 Å². The molecule has 1 atom stereocenters. The van der Waals surface area contributed by atoms with Gasteiger partial charge in [0.15, 0.2) is 5.12 Å². The molecule has 2 heteroatoms. The zero-order valence-corrected chi connectivity index (χ0v) is 10.0. The maximum atomic E-state index is 11.3. The third-order valence-corrected chi connectivity index (χ3v) is 2.95. The molecule has 0 bridgehead atoms. The first-order chi connectivity index (χ1) is 7.24. The maximum Gasteiger partial charge on any atom is 0.189 e. The van der Waals surface area contributed by atoms with Crippen LogP contribution in [0.5, 0.6) is 0 Å². The summed E-state index contributed by atoms with van der Waals surface area (Å²) in [6.07, 6.45) is 4.01. The molecule has 0 aliphatic rings. The van der Waals surface area contributed by atoms with Crippen LogP contribution < -0.4 is 0 Å². The van der Waals surface area contributed by atoms with E-state index < -0.39 is 0 Å². The van der Waals surface area contributed by atoms with Gasteiger partial charge in [0.1, 0.15) is 0 Å². The van der Waals surface area contributed by atoms with Crippen LogP contribution in [0.3, 0.4) is 0 Å². The summed E-state index contributed by atoms with van der Waals surface area (Å²) in [5, 5.41) is 0.0207. The zero-order valence-electron chi connectivity index (χ0n) is 9.15. The number of rotatable bonds is 6. The first-order valence-corrected chi connectivity index (χ1v) is 5.95. The molecule has 15 heavy (non-hydrogen) atoms. The van der Waals surface area contributed by atoms with Crippen LogP contribution in [-0.4, -0.2) is 5.12 Å². The summed E-state index contributed by atoms with van der Waals surface area (Å²) >= 11 is 3.96. The number of carbonyl (C=O) groups excluding carboxylic acids is 1. The van der Waals surface area contributed by atoms with Crippen LogP contribution in [0, 0.1) is 5.92 Å². The fourth-order valence-electron chi connectivity index (χ4n) is 1.66. The maximum absolute atomic E-state index is 11.3. The average Bonchev–Trinajstić information content (AvgIpc) is 2.25. The number of hydrogen-bond donors (Lipinski definition) is 1. The molecule has 82 valence electrons. The van der Waals surface area contributed by atoms with E-state index in [1.54, 1.807) is 0 Å². The molecular weight excluding hydrogens is 204 g/mol. The molecule has 0 heterocycles. The molecule has 0 aliphatic heterocycles. The lowest BCUT2D eigenvalue weighted by Crippen LogP contribution is -2.12. The van der Waals surface area contributed by atoms with E-state index in [-0.39, 0.29) is 11.0 Å². The Morgan fingerprint density at radius 1 is 1.33 bits per heavy atom. The Hall–Kier alpha value is -0.760. The molecule has 1 aromatic carbocycles. The van der Waals surface area contributed by atoms with Gasteiger partial charge in [-0.1, -0.05) is 50.1 Å². The van der Waals surface area contributed by atoms with Crippen molar-refractivity contribution in [2.75, 3.05) is 0 Å². The van der Waals surface area contributed by atoms with Crippen molar-refractivity contribution in [2.45, 2.75) is 32.6 Å². The summed E-state index contributed by atoms with van der Waals surface area (Å²) in [7, 11) is 0. The normalized spacial score (nSPS) is 12.4. The Labute approximate surface area is 97.3 Å². The first kappa shape index (κ1) is 12.3. The first-order valence-electron chi connectivity index (χ1n) is 5.50. The second-order valence-electron chi connectivity index (χ2n) is 3.87. The molecule has 1 aromatic rings. The van der Waals surface area contributed by atoms with Gasteiger partial charge >= 0.3 is 0 Å². The van der Waals surface area contributed by atoms with Gasteiger partial charge in [-0.3, -0.25) is 4.79 Å². The highest BCUT2D eigenvalue weighted by atomic mass is 32.1. The molecule has 0 aliphatic carbocycles. The van der Waals surface area contributed by atoms with Gasteiger partial charge in [0.05, 0.1) is 0 Å². The Bertz CT molecular complexity index is 295. The van der Waals surface area contributed by atoms with Crippen molar-refractivity contribution >= 4 is 17.7 Å². The summed E-state index contributed by atoms with van der Waals surface area (Å²) in [6.45, 7) is 2.14. The second kappa shape index (κ2) is 6.67. The van der Waals surface area contributed by atoms with Crippen LogP contribution in [0.1, 0.15) is 31.7 Å². The van der Waals surface area contributed by atoms with Gasteiger partial charge < -0.3 is 0 Å². The van der Waals surface area contributed by atoms with E-state index in [2.05, 4.69) is 31.7 Å². The van der Waals surface area contributed by atoms with Crippen LogP contribution in [-0.2, 0) is 11.2 Å². The Morgan fingerprint density at radius 3 is 2.53 bits per heavy atom. The van der Waals surface area contributed by atoms with Gasteiger partial charge in [-0.05, 0) is 18.4 Å². The molecule has 0 aromatic heterocycles. The third-order valence-electron chi connectivity index (χ3n) is 2.58. The summed E-state index contributed by atoms with van der Waals surface area (Å²) in [6, 6.07) is 10.1. The van der Waals surface area contributed by atoms with Crippen molar-refractivity contribution < 1.29 is 4.79 Å². The van der Waals surface area contributed by atoms with E-state index in [9.17, 15) is 4.79 Å². The molecular formula is C13H18OS. The largest absolute Gasteiger partial charge is 0.287 e. The highest BCUT2D eigenvalue weighted by Gasteiger charge is 2.14. The zero-order chi connectivity index (χ0) is 11.1. The molecule has 0 saturated carbocycles. The Kier molecular flexibility index (Phi) is 5.48. The van der Waals surface area contributed by atoms with E-state index in [0.29, 0.717) is 0 Å². The van der Waals surface area contributed by atoms with Crippen LogP contribution in [0.2, 0.25) is 0 Å². The lowest BCUT2D eigenvalue weighted by Gasteiger charge is -2.12. The molecule has 0 N–H and O–H groups in total. The topological polar surface area (TPSA) is 17.1 Å². The van der Waals surface area contributed by atoms with Crippen LogP contribution in [0.4, 0.5) is 0 Å². The third kappa shape index (κ3) is 4.52. The van der Waals surface area contributed by atoms with Crippen LogP contribution in [0.15, 0.2) is 30.3 Å². The molecule has 0 spiro atoms. The van der Waals surface area contributed by atoms with Crippen LogP contribution >= 0.6 is 12.6 Å². The Balaban J connectivity index is 2.55. The molecule has 1 rings (SSSR count). The smallest absolute Gasteiger partial charge is 0.189 e. The molecule has 0 radical (unpaired) electrons. The van der Waals surface area contributed by atoms with Gasteiger partial charge in [0, 0.05) is 5.92 Å². The molecule has 1 unspecified atom stereocenters. The fourth-order valence-corrected chi connectivity index (χ4v) is 1.88. The van der Waals surface area contributed by atoms with Crippen LogP contribution in [0.25, 0.3) is 0 Å². The highest BCUT2D eigenvalue weighted by Crippen LogP contribution is 2.17. The molecule has 0 fully saturated rings. The quantitative estimate of drug-likeness (QED) is 0.729.